The lowest BCUT2D eigenvalue weighted by molar-refractivity contribution is -0.115. The first kappa shape index (κ1) is 12.5. The van der Waals surface area contributed by atoms with Crippen LogP contribution in [0.4, 0.5) is 0 Å². The summed E-state index contributed by atoms with van der Waals surface area (Å²) in [6, 6.07) is 0. The van der Waals surface area contributed by atoms with Gasteiger partial charge in [0.05, 0.1) is 5.75 Å². The van der Waals surface area contributed by atoms with Gasteiger partial charge in [-0.25, -0.2) is 0 Å². The van der Waals surface area contributed by atoms with Crippen molar-refractivity contribution in [2.75, 3.05) is 11.5 Å². The largest absolute Gasteiger partial charge is 0.369 e. The Morgan fingerprint density at radius 1 is 1.71 bits per heavy atom. The maximum atomic E-state index is 10.8. The van der Waals surface area contributed by atoms with Crippen LogP contribution in [-0.2, 0) is 11.3 Å². The van der Waals surface area contributed by atoms with Crippen molar-refractivity contribution < 1.29 is 4.79 Å². The first-order valence-electron chi connectivity index (χ1n) is 5.34. The lowest BCUT2D eigenvalue weighted by Gasteiger charge is -2.09. The van der Waals surface area contributed by atoms with E-state index in [1.165, 1.54) is 11.8 Å². The van der Waals surface area contributed by atoms with Crippen molar-refractivity contribution in [3.05, 3.63) is 17.3 Å². The second kappa shape index (κ2) is 5.59. The Labute approximate surface area is 108 Å². The van der Waals surface area contributed by atoms with E-state index in [2.05, 4.69) is 26.2 Å². The molecule has 0 aromatic carbocycles. The number of carbonyl (C=O) groups is 1. The van der Waals surface area contributed by atoms with Crippen LogP contribution in [0.1, 0.15) is 18.7 Å². The number of primary amides is 1. The van der Waals surface area contributed by atoms with Crippen LogP contribution in [0.15, 0.2) is 16.6 Å². The molecule has 0 fully saturated rings. The summed E-state index contributed by atoms with van der Waals surface area (Å²) in [5, 5.41) is 11.2. The minimum absolute atomic E-state index is 0.243. The predicted molar refractivity (Wildman–Crippen MR) is 70.0 cm³/mol. The summed E-state index contributed by atoms with van der Waals surface area (Å²) in [5.74, 6) is 2.22. The normalized spacial score (nSPS) is 18.8. The van der Waals surface area contributed by atoms with Gasteiger partial charge in [0.2, 0.25) is 5.91 Å². The van der Waals surface area contributed by atoms with Gasteiger partial charge >= 0.3 is 0 Å². The minimum Gasteiger partial charge on any atom is -0.369 e. The Bertz CT molecular complexity index is 444. The summed E-state index contributed by atoms with van der Waals surface area (Å²) < 4.78 is 2.05. The fourth-order valence-electron chi connectivity index (χ4n) is 1.64. The van der Waals surface area contributed by atoms with Crippen LogP contribution >= 0.6 is 23.5 Å². The van der Waals surface area contributed by atoms with E-state index in [9.17, 15) is 4.79 Å². The fraction of sp³-hybridized carbons (Fsp3) is 0.500. The highest BCUT2D eigenvalue weighted by Gasteiger charge is 2.21. The molecular weight excluding hydrogens is 256 g/mol. The van der Waals surface area contributed by atoms with Gasteiger partial charge in [-0.05, 0) is 12.3 Å². The van der Waals surface area contributed by atoms with E-state index in [-0.39, 0.29) is 11.7 Å². The van der Waals surface area contributed by atoms with Crippen LogP contribution in [0.25, 0.3) is 0 Å². The zero-order valence-electron chi connectivity index (χ0n) is 9.50. The van der Waals surface area contributed by atoms with Gasteiger partial charge in [-0.1, -0.05) is 17.8 Å². The molecular formula is C10H14N4OS2. The maximum Gasteiger partial charge on any atom is 0.227 e. The minimum atomic E-state index is -0.335. The molecule has 1 amide bonds. The molecule has 1 aliphatic rings. The number of rotatable bonds is 5. The summed E-state index contributed by atoms with van der Waals surface area (Å²) in [6.07, 6.45) is 2.14. The Morgan fingerprint density at radius 2 is 2.53 bits per heavy atom. The molecule has 0 radical (unpaired) electrons. The molecule has 17 heavy (non-hydrogen) atoms. The van der Waals surface area contributed by atoms with E-state index in [1.54, 1.807) is 11.8 Å². The van der Waals surface area contributed by atoms with Crippen LogP contribution in [-0.4, -0.2) is 32.2 Å². The van der Waals surface area contributed by atoms with Crippen LogP contribution in [0, 0.1) is 0 Å². The molecule has 0 saturated carbocycles. The van der Waals surface area contributed by atoms with E-state index in [4.69, 9.17) is 5.73 Å². The summed E-state index contributed by atoms with van der Waals surface area (Å²) in [6.45, 7) is 2.85. The van der Waals surface area contributed by atoms with Gasteiger partial charge in [-0.15, -0.1) is 22.0 Å². The number of thioether (sulfide) groups is 2. The molecule has 2 rings (SSSR count). The smallest absolute Gasteiger partial charge is 0.227 e. The zero-order valence-corrected chi connectivity index (χ0v) is 11.1. The van der Waals surface area contributed by atoms with E-state index in [0.29, 0.717) is 5.92 Å². The van der Waals surface area contributed by atoms with Crippen molar-refractivity contribution in [3.8, 4) is 0 Å². The Kier molecular flexibility index (Phi) is 4.11. The molecule has 1 aliphatic heterocycles. The standard InChI is InChI=1S/C10H14N4OS2/c1-2-14-9(7-3-4-16-5-7)12-13-10(14)17-6-8(11)15/h3-4,7H,2,5-6H2,1H3,(H2,11,15). The number of carbonyl (C=O) groups excluding carboxylic acids is 1. The second-order valence-corrected chi connectivity index (χ2v) is 5.49. The number of nitrogens with two attached hydrogens (primary N) is 1. The van der Waals surface area contributed by atoms with Gasteiger partial charge in [0.1, 0.15) is 5.82 Å². The highest BCUT2D eigenvalue weighted by Crippen LogP contribution is 2.30. The molecule has 1 aromatic heterocycles. The first-order chi connectivity index (χ1) is 8.22. The monoisotopic (exact) mass is 270 g/mol. The molecule has 0 bridgehead atoms. The highest BCUT2D eigenvalue weighted by atomic mass is 32.2. The Hall–Kier alpha value is -0.950. The van der Waals surface area contributed by atoms with Gasteiger partial charge in [0, 0.05) is 18.2 Å². The molecule has 92 valence electrons. The SMILES string of the molecule is CCn1c(SCC(N)=O)nnc1C1C=CSC1. The van der Waals surface area contributed by atoms with Crippen LogP contribution in [0.2, 0.25) is 0 Å². The van der Waals surface area contributed by atoms with E-state index < -0.39 is 0 Å². The fourth-order valence-corrected chi connectivity index (χ4v) is 3.27. The van der Waals surface area contributed by atoms with E-state index >= 15 is 0 Å². The molecule has 1 atom stereocenters. The van der Waals surface area contributed by atoms with Gasteiger partial charge in [-0.2, -0.15) is 0 Å². The summed E-state index contributed by atoms with van der Waals surface area (Å²) in [5.41, 5.74) is 5.13. The van der Waals surface area contributed by atoms with Gasteiger partial charge in [0.15, 0.2) is 5.16 Å². The van der Waals surface area contributed by atoms with Gasteiger partial charge < -0.3 is 10.3 Å². The summed E-state index contributed by atoms with van der Waals surface area (Å²) in [4.78, 5) is 10.8. The van der Waals surface area contributed by atoms with Crippen molar-refractivity contribution in [1.29, 1.82) is 0 Å². The van der Waals surface area contributed by atoms with Crippen molar-refractivity contribution in [3.63, 3.8) is 0 Å². The zero-order chi connectivity index (χ0) is 12.3. The Balaban J connectivity index is 2.17. The molecule has 2 N–H and O–H groups in total. The topological polar surface area (TPSA) is 73.8 Å². The number of nitrogens with zero attached hydrogens (tertiary/aromatic N) is 3. The van der Waals surface area contributed by atoms with Crippen LogP contribution in [0.3, 0.4) is 0 Å². The highest BCUT2D eigenvalue weighted by molar-refractivity contribution is 8.02. The number of hydrogen-bond acceptors (Lipinski definition) is 5. The second-order valence-electron chi connectivity index (χ2n) is 3.61. The Morgan fingerprint density at radius 3 is 3.12 bits per heavy atom. The van der Waals surface area contributed by atoms with Gasteiger partial charge in [0.25, 0.3) is 0 Å². The van der Waals surface area contributed by atoms with Crippen LogP contribution in [0.5, 0.6) is 0 Å². The first-order valence-corrected chi connectivity index (χ1v) is 7.38. The molecule has 0 aliphatic carbocycles. The number of hydrogen-bond donors (Lipinski definition) is 1. The number of amides is 1. The van der Waals surface area contributed by atoms with Crippen molar-refractivity contribution in [1.82, 2.24) is 14.8 Å². The molecule has 0 spiro atoms. The van der Waals surface area contributed by atoms with E-state index in [0.717, 1.165) is 23.3 Å². The number of allylic oxidation sites excluding steroid dienone is 1. The molecule has 0 saturated heterocycles. The molecule has 1 unspecified atom stereocenters. The third-order valence-electron chi connectivity index (χ3n) is 2.42. The van der Waals surface area contributed by atoms with Crippen LogP contribution < -0.4 is 5.73 Å². The summed E-state index contributed by atoms with van der Waals surface area (Å²) in [7, 11) is 0. The molecule has 1 aromatic rings. The quantitative estimate of drug-likeness (QED) is 0.814. The van der Waals surface area contributed by atoms with Crippen molar-refractivity contribution >= 4 is 29.4 Å². The lowest BCUT2D eigenvalue weighted by Crippen LogP contribution is -2.14. The molecule has 2 heterocycles. The number of aromatic nitrogens is 3. The van der Waals surface area contributed by atoms with Crippen molar-refractivity contribution in [2.45, 2.75) is 24.5 Å². The average Bonchev–Trinajstić information content (AvgIpc) is 2.94. The van der Waals surface area contributed by atoms with Crippen molar-refractivity contribution in [2.24, 2.45) is 5.73 Å². The molecule has 5 nitrogen and oxygen atoms in total. The lowest BCUT2D eigenvalue weighted by atomic mass is 10.2. The summed E-state index contributed by atoms with van der Waals surface area (Å²) >= 11 is 3.12. The van der Waals surface area contributed by atoms with E-state index in [1.807, 2.05) is 6.92 Å². The predicted octanol–water partition coefficient (Wildman–Crippen LogP) is 1.22. The third-order valence-corrected chi connectivity index (χ3v) is 4.31. The third kappa shape index (κ3) is 2.84. The molecule has 7 heteroatoms. The maximum absolute atomic E-state index is 10.8. The van der Waals surface area contributed by atoms with Gasteiger partial charge in [-0.3, -0.25) is 4.79 Å². The average molecular weight is 270 g/mol.